The number of carbonyl (C=O) groups is 1. The number of benzene rings is 1. The van der Waals surface area contributed by atoms with E-state index in [1.807, 2.05) is 0 Å². The van der Waals surface area contributed by atoms with Gasteiger partial charge < -0.3 is 14.7 Å². The molecule has 0 spiro atoms. The number of methoxy groups -OCH3 is 1. The van der Waals surface area contributed by atoms with Crippen molar-refractivity contribution in [1.29, 1.82) is 0 Å². The summed E-state index contributed by atoms with van der Waals surface area (Å²) < 4.78 is 42.8. The SMILES string of the molecule is COC(=O)[C@](O)(c1ccc(N(C)C)cc1)C(F)(F)F. The summed E-state index contributed by atoms with van der Waals surface area (Å²) in [4.78, 5) is 13.0. The van der Waals surface area contributed by atoms with E-state index < -0.39 is 23.3 Å². The number of anilines is 1. The van der Waals surface area contributed by atoms with Gasteiger partial charge in [0, 0.05) is 25.3 Å². The average Bonchev–Trinajstić information content (AvgIpc) is 2.35. The molecule has 0 aliphatic rings. The minimum Gasteiger partial charge on any atom is -0.466 e. The van der Waals surface area contributed by atoms with Gasteiger partial charge in [0.05, 0.1) is 7.11 Å². The summed E-state index contributed by atoms with van der Waals surface area (Å²) in [6, 6.07) is 4.82. The second kappa shape index (κ2) is 5.08. The molecule has 0 aromatic heterocycles. The van der Waals surface area contributed by atoms with Crippen molar-refractivity contribution < 1.29 is 27.8 Å². The zero-order valence-electron chi connectivity index (χ0n) is 10.7. The number of alkyl halides is 3. The van der Waals surface area contributed by atoms with Gasteiger partial charge >= 0.3 is 12.1 Å². The molecule has 0 heterocycles. The topological polar surface area (TPSA) is 49.8 Å². The van der Waals surface area contributed by atoms with Crippen LogP contribution in [0.15, 0.2) is 24.3 Å². The lowest BCUT2D eigenvalue weighted by Crippen LogP contribution is -2.49. The summed E-state index contributed by atoms with van der Waals surface area (Å²) in [5.74, 6) is -1.77. The highest BCUT2D eigenvalue weighted by molar-refractivity contribution is 5.82. The molecule has 0 unspecified atom stereocenters. The summed E-state index contributed by atoms with van der Waals surface area (Å²) in [5, 5.41) is 9.70. The van der Waals surface area contributed by atoms with E-state index in [1.54, 1.807) is 19.0 Å². The molecule has 4 nitrogen and oxygen atoms in total. The van der Waals surface area contributed by atoms with Gasteiger partial charge in [0.15, 0.2) is 0 Å². The molecule has 0 bridgehead atoms. The highest BCUT2D eigenvalue weighted by atomic mass is 19.4. The molecular weight excluding hydrogens is 263 g/mol. The maximum atomic E-state index is 12.9. The van der Waals surface area contributed by atoms with Crippen LogP contribution in [-0.2, 0) is 15.1 Å². The average molecular weight is 277 g/mol. The number of ether oxygens (including phenoxy) is 1. The van der Waals surface area contributed by atoms with E-state index in [0.717, 1.165) is 19.2 Å². The predicted molar refractivity (Wildman–Crippen MR) is 62.7 cm³/mol. The van der Waals surface area contributed by atoms with Crippen molar-refractivity contribution in [3.8, 4) is 0 Å². The van der Waals surface area contributed by atoms with Crippen LogP contribution in [0.1, 0.15) is 5.56 Å². The van der Waals surface area contributed by atoms with Gasteiger partial charge in [-0.3, -0.25) is 0 Å². The Morgan fingerprint density at radius 3 is 2.00 bits per heavy atom. The Kier molecular flexibility index (Phi) is 4.09. The van der Waals surface area contributed by atoms with Gasteiger partial charge in [-0.05, 0) is 12.1 Å². The van der Waals surface area contributed by atoms with E-state index in [0.29, 0.717) is 5.69 Å². The van der Waals surface area contributed by atoms with Crippen LogP contribution in [0, 0.1) is 0 Å². The highest BCUT2D eigenvalue weighted by Crippen LogP contribution is 2.40. The summed E-state index contributed by atoms with van der Waals surface area (Å²) in [6.45, 7) is 0. The summed E-state index contributed by atoms with van der Waals surface area (Å²) in [6.07, 6.45) is -5.17. The fourth-order valence-corrected chi connectivity index (χ4v) is 1.55. The van der Waals surface area contributed by atoms with Crippen molar-refractivity contribution in [2.24, 2.45) is 0 Å². The zero-order valence-corrected chi connectivity index (χ0v) is 10.7. The van der Waals surface area contributed by atoms with Crippen LogP contribution in [0.4, 0.5) is 18.9 Å². The molecular formula is C12H14F3NO3. The minimum absolute atomic E-state index is 0.586. The Morgan fingerprint density at radius 1 is 1.21 bits per heavy atom. The van der Waals surface area contributed by atoms with Gasteiger partial charge in [0.25, 0.3) is 5.60 Å². The lowest BCUT2D eigenvalue weighted by atomic mass is 9.93. The van der Waals surface area contributed by atoms with Crippen LogP contribution in [0.2, 0.25) is 0 Å². The lowest BCUT2D eigenvalue weighted by Gasteiger charge is -2.28. The van der Waals surface area contributed by atoms with Crippen LogP contribution in [0.3, 0.4) is 0 Å². The highest BCUT2D eigenvalue weighted by Gasteiger charge is 2.62. The van der Waals surface area contributed by atoms with Gasteiger partial charge in [0.2, 0.25) is 0 Å². The van der Waals surface area contributed by atoms with Gasteiger partial charge in [-0.1, -0.05) is 12.1 Å². The molecule has 0 aliphatic heterocycles. The van der Waals surface area contributed by atoms with E-state index >= 15 is 0 Å². The molecule has 1 aromatic rings. The Labute approximate surface area is 108 Å². The molecule has 1 atom stereocenters. The number of nitrogens with zero attached hydrogens (tertiary/aromatic N) is 1. The van der Waals surface area contributed by atoms with Gasteiger partial charge in [-0.25, -0.2) is 4.79 Å². The molecule has 0 fully saturated rings. The minimum atomic E-state index is -5.17. The van der Waals surface area contributed by atoms with Crippen LogP contribution >= 0.6 is 0 Å². The number of hydrogen-bond acceptors (Lipinski definition) is 4. The number of aliphatic hydroxyl groups is 1. The van der Waals surface area contributed by atoms with E-state index in [1.165, 1.54) is 12.1 Å². The van der Waals surface area contributed by atoms with Crippen LogP contribution in [-0.4, -0.2) is 38.5 Å². The van der Waals surface area contributed by atoms with Crippen molar-refractivity contribution >= 4 is 11.7 Å². The first-order valence-electron chi connectivity index (χ1n) is 5.30. The molecule has 1 aromatic carbocycles. The first-order valence-corrected chi connectivity index (χ1v) is 5.30. The molecule has 1 N–H and O–H groups in total. The van der Waals surface area contributed by atoms with Crippen molar-refractivity contribution in [3.05, 3.63) is 29.8 Å². The number of rotatable bonds is 3. The standard InChI is InChI=1S/C12H14F3NO3/c1-16(2)9-6-4-8(5-7-9)11(18,10(17)19-3)12(13,14)15/h4-7,18H,1-3H3/t11-/m1/s1. The fraction of sp³-hybridized carbons (Fsp3) is 0.417. The predicted octanol–water partition coefficient (Wildman–Crippen LogP) is 1.68. The fourth-order valence-electron chi connectivity index (χ4n) is 1.55. The Morgan fingerprint density at radius 2 is 1.68 bits per heavy atom. The van der Waals surface area contributed by atoms with E-state index in [-0.39, 0.29) is 0 Å². The van der Waals surface area contributed by atoms with Crippen molar-refractivity contribution in [2.45, 2.75) is 11.8 Å². The van der Waals surface area contributed by atoms with Gasteiger partial charge in [-0.15, -0.1) is 0 Å². The smallest absolute Gasteiger partial charge is 0.432 e. The first kappa shape index (κ1) is 15.3. The van der Waals surface area contributed by atoms with Crippen LogP contribution < -0.4 is 4.90 Å². The number of esters is 1. The molecule has 1 rings (SSSR count). The lowest BCUT2D eigenvalue weighted by molar-refractivity contribution is -0.266. The summed E-state index contributed by atoms with van der Waals surface area (Å²) in [5.41, 5.74) is -3.61. The summed E-state index contributed by atoms with van der Waals surface area (Å²) in [7, 11) is 4.21. The molecule has 106 valence electrons. The molecule has 0 saturated carbocycles. The van der Waals surface area contributed by atoms with Crippen molar-refractivity contribution in [2.75, 3.05) is 26.1 Å². The Hall–Kier alpha value is -1.76. The van der Waals surface area contributed by atoms with E-state index in [9.17, 15) is 23.1 Å². The maximum Gasteiger partial charge on any atom is 0.432 e. The molecule has 0 aliphatic carbocycles. The monoisotopic (exact) mass is 277 g/mol. The quantitative estimate of drug-likeness (QED) is 0.854. The van der Waals surface area contributed by atoms with Crippen LogP contribution in [0.25, 0.3) is 0 Å². The third-order valence-electron chi connectivity index (χ3n) is 2.69. The van der Waals surface area contributed by atoms with Gasteiger partial charge in [0.1, 0.15) is 0 Å². The third kappa shape index (κ3) is 2.65. The maximum absolute atomic E-state index is 12.9. The largest absolute Gasteiger partial charge is 0.466 e. The second-order valence-corrected chi connectivity index (χ2v) is 4.14. The molecule has 0 radical (unpaired) electrons. The molecule has 0 amide bonds. The molecule has 7 heteroatoms. The van der Waals surface area contributed by atoms with Crippen LogP contribution in [0.5, 0.6) is 0 Å². The Bertz CT molecular complexity index is 456. The summed E-state index contributed by atoms with van der Waals surface area (Å²) >= 11 is 0. The number of hydrogen-bond donors (Lipinski definition) is 1. The van der Waals surface area contributed by atoms with Crippen molar-refractivity contribution in [1.82, 2.24) is 0 Å². The molecule has 19 heavy (non-hydrogen) atoms. The molecule has 0 saturated heterocycles. The third-order valence-corrected chi connectivity index (χ3v) is 2.69. The van der Waals surface area contributed by atoms with Crippen molar-refractivity contribution in [3.63, 3.8) is 0 Å². The first-order chi connectivity index (χ1) is 8.64. The Balaban J connectivity index is 3.31. The second-order valence-electron chi connectivity index (χ2n) is 4.14. The van der Waals surface area contributed by atoms with E-state index in [4.69, 9.17) is 0 Å². The number of carbonyl (C=O) groups excluding carboxylic acids is 1. The number of halogens is 3. The van der Waals surface area contributed by atoms with Gasteiger partial charge in [-0.2, -0.15) is 13.2 Å². The van der Waals surface area contributed by atoms with E-state index in [2.05, 4.69) is 4.74 Å². The normalized spacial score (nSPS) is 14.7. The zero-order chi connectivity index (χ0) is 14.8.